The van der Waals surface area contributed by atoms with Crippen LogP contribution in [0.3, 0.4) is 0 Å². The van der Waals surface area contributed by atoms with Crippen molar-refractivity contribution in [2.45, 2.75) is 34.1 Å². The SMILES string of the molecule is C=C/C(C)=C(/c1ccc(C)cc1C)c1cccnc1CC. The lowest BCUT2D eigenvalue weighted by Crippen LogP contribution is -2.00. The van der Waals surface area contributed by atoms with Gasteiger partial charge in [0.15, 0.2) is 0 Å². The van der Waals surface area contributed by atoms with Gasteiger partial charge in [0.25, 0.3) is 0 Å². The molecule has 1 aromatic heterocycles. The molecule has 1 aromatic carbocycles. The summed E-state index contributed by atoms with van der Waals surface area (Å²) < 4.78 is 0. The van der Waals surface area contributed by atoms with E-state index in [1.54, 1.807) is 0 Å². The predicted molar refractivity (Wildman–Crippen MR) is 91.4 cm³/mol. The highest BCUT2D eigenvalue weighted by atomic mass is 14.7. The van der Waals surface area contributed by atoms with Crippen molar-refractivity contribution in [3.05, 3.63) is 82.7 Å². The number of aromatic nitrogens is 1. The molecule has 1 heteroatoms. The summed E-state index contributed by atoms with van der Waals surface area (Å²) in [6, 6.07) is 10.8. The van der Waals surface area contributed by atoms with E-state index in [9.17, 15) is 0 Å². The molecule has 0 N–H and O–H groups in total. The lowest BCUT2D eigenvalue weighted by Gasteiger charge is -2.17. The van der Waals surface area contributed by atoms with Gasteiger partial charge in [-0.3, -0.25) is 4.98 Å². The van der Waals surface area contributed by atoms with Gasteiger partial charge in [0, 0.05) is 17.5 Å². The largest absolute Gasteiger partial charge is 0.261 e. The Bertz CT molecular complexity index is 693. The number of hydrogen-bond donors (Lipinski definition) is 0. The van der Waals surface area contributed by atoms with Crippen LogP contribution >= 0.6 is 0 Å². The number of aryl methyl sites for hydroxylation is 3. The van der Waals surface area contributed by atoms with E-state index >= 15 is 0 Å². The van der Waals surface area contributed by atoms with Crippen molar-refractivity contribution in [1.82, 2.24) is 4.98 Å². The molecule has 108 valence electrons. The van der Waals surface area contributed by atoms with E-state index in [4.69, 9.17) is 0 Å². The summed E-state index contributed by atoms with van der Waals surface area (Å²) in [5, 5.41) is 0. The van der Waals surface area contributed by atoms with E-state index in [1.807, 2.05) is 18.3 Å². The lowest BCUT2D eigenvalue weighted by atomic mass is 9.88. The normalized spacial score (nSPS) is 12.0. The molecule has 0 bridgehead atoms. The highest BCUT2D eigenvalue weighted by Crippen LogP contribution is 2.31. The average Bonchev–Trinajstić information content (AvgIpc) is 2.49. The summed E-state index contributed by atoms with van der Waals surface area (Å²) in [5.41, 5.74) is 8.61. The maximum absolute atomic E-state index is 4.54. The van der Waals surface area contributed by atoms with Gasteiger partial charge < -0.3 is 0 Å². The van der Waals surface area contributed by atoms with Crippen LogP contribution in [0.15, 0.2) is 54.8 Å². The van der Waals surface area contributed by atoms with Gasteiger partial charge in [0.2, 0.25) is 0 Å². The number of rotatable bonds is 4. The Morgan fingerprint density at radius 1 is 1.19 bits per heavy atom. The molecule has 2 aromatic rings. The van der Waals surface area contributed by atoms with Gasteiger partial charge in [-0.2, -0.15) is 0 Å². The molecule has 0 saturated heterocycles. The second-order valence-electron chi connectivity index (χ2n) is 5.43. The zero-order valence-electron chi connectivity index (χ0n) is 13.4. The molecule has 0 atom stereocenters. The van der Waals surface area contributed by atoms with Gasteiger partial charge in [0.05, 0.1) is 0 Å². The monoisotopic (exact) mass is 277 g/mol. The first-order chi connectivity index (χ1) is 10.1. The molecule has 0 fully saturated rings. The van der Waals surface area contributed by atoms with E-state index in [0.29, 0.717) is 0 Å². The minimum absolute atomic E-state index is 0.926. The first-order valence-electron chi connectivity index (χ1n) is 7.43. The average molecular weight is 277 g/mol. The Kier molecular flexibility index (Phi) is 4.74. The summed E-state index contributed by atoms with van der Waals surface area (Å²) in [4.78, 5) is 4.54. The topological polar surface area (TPSA) is 12.9 Å². The van der Waals surface area contributed by atoms with Crippen molar-refractivity contribution in [2.75, 3.05) is 0 Å². The van der Waals surface area contributed by atoms with Crippen LogP contribution < -0.4 is 0 Å². The molecule has 21 heavy (non-hydrogen) atoms. The fourth-order valence-corrected chi connectivity index (χ4v) is 2.71. The number of pyridine rings is 1. The number of allylic oxidation sites excluding steroid dienone is 2. The first kappa shape index (κ1) is 15.2. The van der Waals surface area contributed by atoms with E-state index in [0.717, 1.165) is 12.1 Å². The lowest BCUT2D eigenvalue weighted by molar-refractivity contribution is 1.02. The third-order valence-corrected chi connectivity index (χ3v) is 3.85. The van der Waals surface area contributed by atoms with E-state index < -0.39 is 0 Å². The van der Waals surface area contributed by atoms with Crippen molar-refractivity contribution in [3.63, 3.8) is 0 Å². The number of benzene rings is 1. The molecule has 0 saturated carbocycles. The second-order valence-corrected chi connectivity index (χ2v) is 5.43. The molecule has 1 heterocycles. The van der Waals surface area contributed by atoms with Crippen molar-refractivity contribution < 1.29 is 0 Å². The summed E-state index contributed by atoms with van der Waals surface area (Å²) in [6.07, 6.45) is 4.72. The van der Waals surface area contributed by atoms with Crippen molar-refractivity contribution in [2.24, 2.45) is 0 Å². The third-order valence-electron chi connectivity index (χ3n) is 3.85. The predicted octanol–water partition coefficient (Wildman–Crippen LogP) is 5.27. The van der Waals surface area contributed by atoms with Crippen molar-refractivity contribution >= 4 is 5.57 Å². The fraction of sp³-hybridized carbons (Fsp3) is 0.250. The number of nitrogens with zero attached hydrogens (tertiary/aromatic N) is 1. The maximum Gasteiger partial charge on any atom is 0.0479 e. The maximum atomic E-state index is 4.54. The van der Waals surface area contributed by atoms with E-state index in [2.05, 4.69) is 63.5 Å². The Labute approximate surface area is 128 Å². The molecular formula is C20H23N. The molecule has 0 aliphatic rings. The summed E-state index contributed by atoms with van der Waals surface area (Å²) in [7, 11) is 0. The summed E-state index contributed by atoms with van der Waals surface area (Å²) in [6.45, 7) is 12.5. The molecular weight excluding hydrogens is 254 g/mol. The van der Waals surface area contributed by atoms with Crippen LogP contribution in [0.4, 0.5) is 0 Å². The van der Waals surface area contributed by atoms with Crippen LogP contribution in [-0.4, -0.2) is 4.98 Å². The minimum atomic E-state index is 0.926. The molecule has 0 spiro atoms. The van der Waals surface area contributed by atoms with E-state index in [-0.39, 0.29) is 0 Å². The fourth-order valence-electron chi connectivity index (χ4n) is 2.71. The highest BCUT2D eigenvalue weighted by Gasteiger charge is 2.14. The summed E-state index contributed by atoms with van der Waals surface area (Å²) in [5.74, 6) is 0. The highest BCUT2D eigenvalue weighted by molar-refractivity contribution is 5.85. The Morgan fingerprint density at radius 2 is 1.95 bits per heavy atom. The van der Waals surface area contributed by atoms with Gasteiger partial charge in [-0.1, -0.05) is 49.4 Å². The Balaban J connectivity index is 2.74. The first-order valence-corrected chi connectivity index (χ1v) is 7.43. The van der Waals surface area contributed by atoms with Crippen molar-refractivity contribution in [1.29, 1.82) is 0 Å². The molecule has 1 nitrogen and oxygen atoms in total. The Morgan fingerprint density at radius 3 is 2.57 bits per heavy atom. The molecule has 0 unspecified atom stereocenters. The summed E-state index contributed by atoms with van der Waals surface area (Å²) >= 11 is 0. The third kappa shape index (κ3) is 3.13. The van der Waals surface area contributed by atoms with E-state index in [1.165, 1.54) is 33.4 Å². The smallest absolute Gasteiger partial charge is 0.0479 e. The molecule has 0 aliphatic heterocycles. The van der Waals surface area contributed by atoms with Gasteiger partial charge >= 0.3 is 0 Å². The van der Waals surface area contributed by atoms with Gasteiger partial charge in [-0.05, 0) is 55.5 Å². The van der Waals surface area contributed by atoms with Crippen LogP contribution in [0, 0.1) is 13.8 Å². The van der Waals surface area contributed by atoms with Crippen LogP contribution in [0.2, 0.25) is 0 Å². The van der Waals surface area contributed by atoms with Crippen LogP contribution in [0.1, 0.15) is 41.8 Å². The van der Waals surface area contributed by atoms with Gasteiger partial charge in [0.1, 0.15) is 0 Å². The van der Waals surface area contributed by atoms with Gasteiger partial charge in [-0.15, -0.1) is 0 Å². The van der Waals surface area contributed by atoms with Crippen molar-refractivity contribution in [3.8, 4) is 0 Å². The molecule has 0 aliphatic carbocycles. The zero-order chi connectivity index (χ0) is 15.4. The second kappa shape index (κ2) is 6.53. The Hall–Kier alpha value is -2.15. The van der Waals surface area contributed by atoms with Gasteiger partial charge in [-0.25, -0.2) is 0 Å². The van der Waals surface area contributed by atoms with Crippen LogP contribution in [0.5, 0.6) is 0 Å². The molecule has 0 radical (unpaired) electrons. The van der Waals surface area contributed by atoms with Crippen LogP contribution in [-0.2, 0) is 6.42 Å². The van der Waals surface area contributed by atoms with Crippen LogP contribution in [0.25, 0.3) is 5.57 Å². The molecule has 0 amide bonds. The standard InChI is InChI=1S/C20H23N/c1-6-15(4)20(17-11-10-14(3)13-16(17)5)18-9-8-12-21-19(18)7-2/h6,8-13H,1,7H2,2-5H3/b20-15-. The minimum Gasteiger partial charge on any atom is -0.261 e. The molecule has 2 rings (SSSR count). The zero-order valence-corrected chi connectivity index (χ0v) is 13.4. The number of hydrogen-bond acceptors (Lipinski definition) is 1. The quantitative estimate of drug-likeness (QED) is 0.694.